The third-order valence-electron chi connectivity index (χ3n) is 3.43. The second-order valence-corrected chi connectivity index (χ2v) is 4.46. The van der Waals surface area contributed by atoms with Crippen LogP contribution in [0.2, 0.25) is 0 Å². The fourth-order valence-corrected chi connectivity index (χ4v) is 2.44. The van der Waals surface area contributed by atoms with Gasteiger partial charge in [-0.2, -0.15) is 0 Å². The molecule has 1 aromatic carbocycles. The Morgan fingerprint density at radius 3 is 2.42 bits per heavy atom. The highest BCUT2D eigenvalue weighted by Gasteiger charge is 2.30. The van der Waals surface area contributed by atoms with Crippen molar-refractivity contribution < 1.29 is 19.0 Å². The predicted molar refractivity (Wildman–Crippen MR) is 71.3 cm³/mol. The van der Waals surface area contributed by atoms with Gasteiger partial charge in [0.1, 0.15) is 0 Å². The molecule has 1 N–H and O–H groups in total. The van der Waals surface area contributed by atoms with E-state index in [4.69, 9.17) is 14.2 Å². The van der Waals surface area contributed by atoms with E-state index in [9.17, 15) is 4.79 Å². The van der Waals surface area contributed by atoms with Crippen molar-refractivity contribution in [2.24, 2.45) is 0 Å². The molecule has 0 saturated carbocycles. The SMILES string of the molecule is CCC1Cc2cc(OC)c(OC)c(OC)c2C(=O)N1. The van der Waals surface area contributed by atoms with Gasteiger partial charge in [0.25, 0.3) is 5.91 Å². The van der Waals surface area contributed by atoms with Crippen LogP contribution in [-0.2, 0) is 6.42 Å². The summed E-state index contributed by atoms with van der Waals surface area (Å²) in [5.41, 5.74) is 1.48. The number of carbonyl (C=O) groups excluding carboxylic acids is 1. The summed E-state index contributed by atoms with van der Waals surface area (Å²) in [6.45, 7) is 2.05. The lowest BCUT2D eigenvalue weighted by molar-refractivity contribution is 0.0919. The largest absolute Gasteiger partial charge is 0.493 e. The van der Waals surface area contributed by atoms with Crippen LogP contribution in [0.1, 0.15) is 29.3 Å². The summed E-state index contributed by atoms with van der Waals surface area (Å²) >= 11 is 0. The summed E-state index contributed by atoms with van der Waals surface area (Å²) in [5, 5.41) is 2.97. The number of carbonyl (C=O) groups is 1. The van der Waals surface area contributed by atoms with Crippen molar-refractivity contribution in [3.63, 3.8) is 0 Å². The van der Waals surface area contributed by atoms with E-state index < -0.39 is 0 Å². The molecule has 0 aromatic heterocycles. The minimum atomic E-state index is -0.120. The molecular formula is C14H19NO4. The highest BCUT2D eigenvalue weighted by molar-refractivity contribution is 6.01. The first-order chi connectivity index (χ1) is 9.15. The number of methoxy groups -OCH3 is 3. The lowest BCUT2D eigenvalue weighted by atomic mass is 9.92. The molecule has 1 heterocycles. The Morgan fingerprint density at radius 2 is 1.89 bits per heavy atom. The molecule has 1 aliphatic heterocycles. The first-order valence-corrected chi connectivity index (χ1v) is 6.28. The maximum Gasteiger partial charge on any atom is 0.255 e. The highest BCUT2D eigenvalue weighted by atomic mass is 16.5. The molecule has 0 bridgehead atoms. The van der Waals surface area contributed by atoms with E-state index in [0.717, 1.165) is 18.4 Å². The quantitative estimate of drug-likeness (QED) is 0.901. The Balaban J connectivity index is 2.62. The molecule has 5 nitrogen and oxygen atoms in total. The number of rotatable bonds is 4. The zero-order chi connectivity index (χ0) is 14.0. The van der Waals surface area contributed by atoms with E-state index in [2.05, 4.69) is 5.32 Å². The van der Waals surface area contributed by atoms with Gasteiger partial charge >= 0.3 is 0 Å². The van der Waals surface area contributed by atoms with Gasteiger partial charge in [-0.15, -0.1) is 0 Å². The minimum absolute atomic E-state index is 0.120. The van der Waals surface area contributed by atoms with Gasteiger partial charge in [-0.3, -0.25) is 4.79 Å². The van der Waals surface area contributed by atoms with E-state index >= 15 is 0 Å². The number of hydrogen-bond donors (Lipinski definition) is 1. The molecule has 0 fully saturated rings. The minimum Gasteiger partial charge on any atom is -0.493 e. The van der Waals surface area contributed by atoms with E-state index in [1.165, 1.54) is 14.2 Å². The molecule has 0 saturated heterocycles. The molecule has 1 aliphatic rings. The zero-order valence-electron chi connectivity index (χ0n) is 11.7. The molecule has 5 heteroatoms. The number of amides is 1. The van der Waals surface area contributed by atoms with Crippen LogP contribution >= 0.6 is 0 Å². The molecule has 0 aliphatic carbocycles. The van der Waals surface area contributed by atoms with Gasteiger partial charge < -0.3 is 19.5 Å². The Kier molecular flexibility index (Phi) is 3.83. The van der Waals surface area contributed by atoms with Crippen molar-refractivity contribution in [1.29, 1.82) is 0 Å². The molecule has 1 unspecified atom stereocenters. The second-order valence-electron chi connectivity index (χ2n) is 4.46. The Bertz CT molecular complexity index is 499. The molecule has 0 spiro atoms. The van der Waals surface area contributed by atoms with Gasteiger partial charge in [-0.1, -0.05) is 6.92 Å². The fourth-order valence-electron chi connectivity index (χ4n) is 2.44. The summed E-state index contributed by atoms with van der Waals surface area (Å²) in [7, 11) is 4.63. The first-order valence-electron chi connectivity index (χ1n) is 6.28. The number of hydrogen-bond acceptors (Lipinski definition) is 4. The van der Waals surface area contributed by atoms with E-state index in [1.54, 1.807) is 7.11 Å². The van der Waals surface area contributed by atoms with Gasteiger partial charge in [-0.05, 0) is 24.5 Å². The normalized spacial score (nSPS) is 17.5. The van der Waals surface area contributed by atoms with Gasteiger partial charge in [0, 0.05) is 6.04 Å². The molecule has 2 rings (SSSR count). The van der Waals surface area contributed by atoms with E-state index in [1.807, 2.05) is 13.0 Å². The monoisotopic (exact) mass is 265 g/mol. The number of benzene rings is 1. The number of ether oxygens (including phenoxy) is 3. The molecular weight excluding hydrogens is 246 g/mol. The van der Waals surface area contributed by atoms with Crippen LogP contribution in [0.15, 0.2) is 6.07 Å². The summed E-state index contributed by atoms with van der Waals surface area (Å²) in [5.74, 6) is 1.35. The van der Waals surface area contributed by atoms with Gasteiger partial charge in [-0.25, -0.2) is 0 Å². The highest BCUT2D eigenvalue weighted by Crippen LogP contribution is 2.43. The third-order valence-corrected chi connectivity index (χ3v) is 3.43. The van der Waals surface area contributed by atoms with Gasteiger partial charge in [0.05, 0.1) is 26.9 Å². The maximum atomic E-state index is 12.2. The summed E-state index contributed by atoms with van der Waals surface area (Å²) < 4.78 is 16.0. The maximum absolute atomic E-state index is 12.2. The van der Waals surface area contributed by atoms with Crippen LogP contribution in [-0.4, -0.2) is 33.3 Å². The average molecular weight is 265 g/mol. The second kappa shape index (κ2) is 5.38. The average Bonchev–Trinajstić information content (AvgIpc) is 2.44. The van der Waals surface area contributed by atoms with Crippen molar-refractivity contribution >= 4 is 5.91 Å². The van der Waals surface area contributed by atoms with Crippen molar-refractivity contribution in [2.75, 3.05) is 21.3 Å². The van der Waals surface area contributed by atoms with Gasteiger partial charge in [0.15, 0.2) is 11.5 Å². The summed E-state index contributed by atoms with van der Waals surface area (Å²) in [4.78, 5) is 12.2. The fraction of sp³-hybridized carbons (Fsp3) is 0.500. The first kappa shape index (κ1) is 13.5. The van der Waals surface area contributed by atoms with Crippen LogP contribution in [0.25, 0.3) is 0 Å². The van der Waals surface area contributed by atoms with Gasteiger partial charge in [0.2, 0.25) is 5.75 Å². The Hall–Kier alpha value is -1.91. The van der Waals surface area contributed by atoms with Crippen molar-refractivity contribution in [3.8, 4) is 17.2 Å². The molecule has 104 valence electrons. The summed E-state index contributed by atoms with van der Waals surface area (Å²) in [6, 6.07) is 2.01. The van der Waals surface area contributed by atoms with E-state index in [0.29, 0.717) is 22.8 Å². The standard InChI is InChI=1S/C14H19NO4/c1-5-9-6-8-7-10(17-2)12(18-3)13(19-4)11(8)14(16)15-9/h7,9H,5-6H2,1-4H3,(H,15,16). The van der Waals surface area contributed by atoms with Crippen molar-refractivity contribution in [1.82, 2.24) is 5.32 Å². The van der Waals surface area contributed by atoms with Crippen LogP contribution in [0.3, 0.4) is 0 Å². The molecule has 1 atom stereocenters. The van der Waals surface area contributed by atoms with E-state index in [-0.39, 0.29) is 11.9 Å². The Morgan fingerprint density at radius 1 is 1.21 bits per heavy atom. The van der Waals surface area contributed by atoms with Crippen LogP contribution < -0.4 is 19.5 Å². The Labute approximate surface area is 112 Å². The lowest BCUT2D eigenvalue weighted by Gasteiger charge is -2.27. The molecule has 1 aromatic rings. The van der Waals surface area contributed by atoms with Crippen LogP contribution in [0, 0.1) is 0 Å². The molecule has 0 radical (unpaired) electrons. The molecule has 1 amide bonds. The third kappa shape index (κ3) is 2.20. The van der Waals surface area contributed by atoms with Crippen LogP contribution in [0.5, 0.6) is 17.2 Å². The topological polar surface area (TPSA) is 56.8 Å². The zero-order valence-corrected chi connectivity index (χ0v) is 11.7. The molecule has 19 heavy (non-hydrogen) atoms. The van der Waals surface area contributed by atoms with Crippen molar-refractivity contribution in [2.45, 2.75) is 25.8 Å². The van der Waals surface area contributed by atoms with Crippen LogP contribution in [0.4, 0.5) is 0 Å². The smallest absolute Gasteiger partial charge is 0.255 e. The lowest BCUT2D eigenvalue weighted by Crippen LogP contribution is -2.41. The number of nitrogens with one attached hydrogen (secondary N) is 1. The van der Waals surface area contributed by atoms with Crippen molar-refractivity contribution in [3.05, 3.63) is 17.2 Å². The predicted octanol–water partition coefficient (Wildman–Crippen LogP) is 1.78. The number of fused-ring (bicyclic) bond motifs is 1. The summed E-state index contributed by atoms with van der Waals surface area (Å²) in [6.07, 6.45) is 1.66.